The normalized spacial score (nSPS) is 16.7. The highest BCUT2D eigenvalue weighted by Gasteiger charge is 2.08. The van der Waals surface area contributed by atoms with Gasteiger partial charge in [0.2, 0.25) is 0 Å². The lowest BCUT2D eigenvalue weighted by atomic mass is 10.2. The van der Waals surface area contributed by atoms with Gasteiger partial charge in [-0.15, -0.1) is 0 Å². The third-order valence-electron chi connectivity index (χ3n) is 3.36. The van der Waals surface area contributed by atoms with E-state index in [9.17, 15) is 8.78 Å². The molecule has 0 saturated carbocycles. The van der Waals surface area contributed by atoms with Gasteiger partial charge in [0.05, 0.1) is 0 Å². The van der Waals surface area contributed by atoms with Crippen LogP contribution in [0.15, 0.2) is 18.2 Å². The van der Waals surface area contributed by atoms with Gasteiger partial charge in [-0.05, 0) is 37.7 Å². The Labute approximate surface area is 113 Å². The molecule has 2 rings (SSSR count). The molecule has 0 unspecified atom stereocenters. The van der Waals surface area contributed by atoms with Crippen LogP contribution in [0.2, 0.25) is 0 Å². The molecule has 1 aromatic carbocycles. The molecule has 0 aromatic heterocycles. The molecule has 1 aliphatic heterocycles. The summed E-state index contributed by atoms with van der Waals surface area (Å²) in [5, 5.41) is 6.48. The van der Waals surface area contributed by atoms with E-state index >= 15 is 0 Å². The predicted molar refractivity (Wildman–Crippen MR) is 72.0 cm³/mol. The summed E-state index contributed by atoms with van der Waals surface area (Å²) in [6, 6.07) is 3.56. The zero-order valence-corrected chi connectivity index (χ0v) is 11.1. The molecule has 2 N–H and O–H groups in total. The van der Waals surface area contributed by atoms with E-state index in [1.807, 2.05) is 0 Å². The van der Waals surface area contributed by atoms with Crippen LogP contribution >= 0.6 is 0 Å². The van der Waals surface area contributed by atoms with Crippen molar-refractivity contribution in [2.45, 2.75) is 13.0 Å². The van der Waals surface area contributed by atoms with Crippen molar-refractivity contribution in [3.05, 3.63) is 35.4 Å². The third kappa shape index (κ3) is 4.86. The Morgan fingerprint density at radius 2 is 2.00 bits per heavy atom. The van der Waals surface area contributed by atoms with Gasteiger partial charge in [-0.1, -0.05) is 0 Å². The van der Waals surface area contributed by atoms with Gasteiger partial charge in [-0.3, -0.25) is 0 Å². The van der Waals surface area contributed by atoms with Crippen LogP contribution in [-0.4, -0.2) is 44.2 Å². The van der Waals surface area contributed by atoms with Crippen molar-refractivity contribution in [1.82, 2.24) is 15.5 Å². The van der Waals surface area contributed by atoms with Gasteiger partial charge in [-0.2, -0.15) is 0 Å². The van der Waals surface area contributed by atoms with E-state index in [4.69, 9.17) is 0 Å². The SMILES string of the molecule is Fc1ccc(F)c(CNCCCN2CCNCC2)c1. The van der Waals surface area contributed by atoms with E-state index in [0.29, 0.717) is 12.1 Å². The lowest BCUT2D eigenvalue weighted by Gasteiger charge is -2.27. The number of benzene rings is 1. The number of hydrogen-bond acceptors (Lipinski definition) is 3. The number of nitrogens with one attached hydrogen (secondary N) is 2. The van der Waals surface area contributed by atoms with E-state index in [1.165, 1.54) is 12.1 Å². The van der Waals surface area contributed by atoms with E-state index in [2.05, 4.69) is 15.5 Å². The van der Waals surface area contributed by atoms with Gasteiger partial charge >= 0.3 is 0 Å². The molecule has 1 aliphatic rings. The molecule has 0 radical (unpaired) electrons. The number of rotatable bonds is 6. The maximum atomic E-state index is 13.3. The van der Waals surface area contributed by atoms with Crippen molar-refractivity contribution >= 4 is 0 Å². The fourth-order valence-corrected chi connectivity index (χ4v) is 2.26. The molecule has 0 spiro atoms. The van der Waals surface area contributed by atoms with Gasteiger partial charge < -0.3 is 15.5 Å². The summed E-state index contributed by atoms with van der Waals surface area (Å²) in [6.45, 7) is 6.56. The average Bonchev–Trinajstić information content (AvgIpc) is 2.43. The lowest BCUT2D eigenvalue weighted by Crippen LogP contribution is -2.44. The molecule has 0 aliphatic carbocycles. The fourth-order valence-electron chi connectivity index (χ4n) is 2.26. The molecule has 19 heavy (non-hydrogen) atoms. The van der Waals surface area contributed by atoms with Crippen LogP contribution < -0.4 is 10.6 Å². The monoisotopic (exact) mass is 269 g/mol. The van der Waals surface area contributed by atoms with Gasteiger partial charge in [0.1, 0.15) is 11.6 Å². The predicted octanol–water partition coefficient (Wildman–Crippen LogP) is 1.35. The van der Waals surface area contributed by atoms with Gasteiger partial charge in [-0.25, -0.2) is 8.78 Å². The quantitative estimate of drug-likeness (QED) is 0.763. The summed E-state index contributed by atoms with van der Waals surface area (Å²) in [5.41, 5.74) is 0.391. The van der Waals surface area contributed by atoms with Crippen molar-refractivity contribution in [3.8, 4) is 0 Å². The minimum absolute atomic E-state index is 0.351. The van der Waals surface area contributed by atoms with Crippen LogP contribution in [0.5, 0.6) is 0 Å². The standard InChI is InChI=1S/C14H21F2N3/c15-13-2-3-14(16)12(10-13)11-18-4-1-7-19-8-5-17-6-9-19/h2-3,10,17-18H,1,4-9,11H2. The largest absolute Gasteiger partial charge is 0.314 e. The molecule has 0 amide bonds. The number of piperazine rings is 1. The molecule has 0 atom stereocenters. The van der Waals surface area contributed by atoms with Crippen molar-refractivity contribution in [1.29, 1.82) is 0 Å². The molecule has 106 valence electrons. The number of hydrogen-bond donors (Lipinski definition) is 2. The van der Waals surface area contributed by atoms with Gasteiger partial charge in [0, 0.05) is 38.3 Å². The van der Waals surface area contributed by atoms with Crippen molar-refractivity contribution in [2.75, 3.05) is 39.3 Å². The topological polar surface area (TPSA) is 27.3 Å². The third-order valence-corrected chi connectivity index (χ3v) is 3.36. The zero-order valence-electron chi connectivity index (χ0n) is 11.1. The van der Waals surface area contributed by atoms with Crippen LogP contribution in [0.1, 0.15) is 12.0 Å². The van der Waals surface area contributed by atoms with Crippen molar-refractivity contribution < 1.29 is 8.78 Å². The second kappa shape index (κ2) is 7.53. The van der Waals surface area contributed by atoms with Gasteiger partial charge in [0.15, 0.2) is 0 Å². The van der Waals surface area contributed by atoms with Crippen LogP contribution in [0.3, 0.4) is 0 Å². The van der Waals surface area contributed by atoms with Crippen LogP contribution in [0.4, 0.5) is 8.78 Å². The van der Waals surface area contributed by atoms with Crippen LogP contribution in [-0.2, 0) is 6.54 Å². The van der Waals surface area contributed by atoms with E-state index < -0.39 is 0 Å². The first kappa shape index (κ1) is 14.4. The zero-order chi connectivity index (χ0) is 13.5. The molecule has 1 aromatic rings. The van der Waals surface area contributed by atoms with Crippen LogP contribution in [0, 0.1) is 11.6 Å². The average molecular weight is 269 g/mol. The van der Waals surface area contributed by atoms with Crippen molar-refractivity contribution in [2.24, 2.45) is 0 Å². The van der Waals surface area contributed by atoms with E-state index in [1.54, 1.807) is 0 Å². The molecular weight excluding hydrogens is 248 g/mol. The second-order valence-electron chi connectivity index (χ2n) is 4.86. The molecule has 0 bridgehead atoms. The molecule has 1 saturated heterocycles. The van der Waals surface area contributed by atoms with E-state index in [0.717, 1.165) is 51.8 Å². The summed E-state index contributed by atoms with van der Waals surface area (Å²) >= 11 is 0. The summed E-state index contributed by atoms with van der Waals surface area (Å²) < 4.78 is 26.3. The Balaban J connectivity index is 1.62. The molecule has 1 heterocycles. The first-order chi connectivity index (χ1) is 9.25. The smallest absolute Gasteiger partial charge is 0.127 e. The van der Waals surface area contributed by atoms with Crippen LogP contribution in [0.25, 0.3) is 0 Å². The Hall–Kier alpha value is -1.04. The maximum absolute atomic E-state index is 13.3. The molecule has 1 fully saturated rings. The second-order valence-corrected chi connectivity index (χ2v) is 4.86. The summed E-state index contributed by atoms with van der Waals surface area (Å²) in [5.74, 6) is -0.741. The highest BCUT2D eigenvalue weighted by molar-refractivity contribution is 5.18. The Morgan fingerprint density at radius 1 is 1.21 bits per heavy atom. The highest BCUT2D eigenvalue weighted by Crippen LogP contribution is 2.09. The molecule has 5 heteroatoms. The number of halogens is 2. The lowest BCUT2D eigenvalue weighted by molar-refractivity contribution is 0.237. The minimum Gasteiger partial charge on any atom is -0.314 e. The minimum atomic E-state index is -0.390. The first-order valence-corrected chi connectivity index (χ1v) is 6.83. The van der Waals surface area contributed by atoms with Crippen molar-refractivity contribution in [3.63, 3.8) is 0 Å². The molecule has 3 nitrogen and oxygen atoms in total. The summed E-state index contributed by atoms with van der Waals surface area (Å²) in [7, 11) is 0. The molecular formula is C14H21F2N3. The summed E-state index contributed by atoms with van der Waals surface area (Å²) in [4.78, 5) is 2.42. The first-order valence-electron chi connectivity index (χ1n) is 6.83. The highest BCUT2D eigenvalue weighted by atomic mass is 19.1. The number of nitrogens with zero attached hydrogens (tertiary/aromatic N) is 1. The Morgan fingerprint density at radius 3 is 2.79 bits per heavy atom. The van der Waals surface area contributed by atoms with E-state index in [-0.39, 0.29) is 11.6 Å². The fraction of sp³-hybridized carbons (Fsp3) is 0.571. The summed E-state index contributed by atoms with van der Waals surface area (Å²) in [6.07, 6.45) is 1.02. The van der Waals surface area contributed by atoms with Gasteiger partial charge in [0.25, 0.3) is 0 Å². The maximum Gasteiger partial charge on any atom is 0.127 e. The Kier molecular flexibility index (Phi) is 5.69. The Bertz CT molecular complexity index is 392.